The number of carbonyl (C=O) groups excluding carboxylic acids is 2. The molecule has 2 amide bonds. The minimum absolute atomic E-state index is 0.0877. The van der Waals surface area contributed by atoms with Crippen LogP contribution in [0.5, 0.6) is 0 Å². The van der Waals surface area contributed by atoms with E-state index in [1.54, 1.807) is 6.92 Å². The van der Waals surface area contributed by atoms with Gasteiger partial charge < -0.3 is 19.5 Å². The number of aromatic nitrogens is 2. The zero-order valence-corrected chi connectivity index (χ0v) is 20.5. The Labute approximate surface area is 212 Å². The number of rotatable bonds is 7. The lowest BCUT2D eigenvalue weighted by atomic mass is 9.87. The molecule has 2 aliphatic heterocycles. The lowest BCUT2D eigenvalue weighted by molar-refractivity contribution is -0.188. The van der Waals surface area contributed by atoms with Crippen molar-refractivity contribution in [2.24, 2.45) is 0 Å². The monoisotopic (exact) mass is 521 g/mol. The standard InChI is InChI=1S/C25H30F3N5O4/c1-16-30-21(31-37-16)13-29-22(34)14-32-9-7-24(8-10-32)12-18(15-36-24)33(23(35)25(26,27)28)20-11-19(20)17-5-3-2-4-6-17/h2-6,18-20H,7-15H2,1H3,(H,29,34)/t18?,19-,20+/m0/s1. The molecule has 1 spiro atoms. The summed E-state index contributed by atoms with van der Waals surface area (Å²) in [6.07, 6.45) is -2.88. The summed E-state index contributed by atoms with van der Waals surface area (Å²) in [5.41, 5.74) is 0.364. The molecule has 3 aliphatic rings. The van der Waals surface area contributed by atoms with E-state index in [9.17, 15) is 22.8 Å². The van der Waals surface area contributed by atoms with Gasteiger partial charge in [0.25, 0.3) is 0 Å². The predicted octanol–water partition coefficient (Wildman–Crippen LogP) is 2.56. The highest BCUT2D eigenvalue weighted by molar-refractivity contribution is 5.83. The van der Waals surface area contributed by atoms with Gasteiger partial charge >= 0.3 is 12.1 Å². The lowest BCUT2D eigenvalue weighted by Gasteiger charge is -2.39. The molecule has 200 valence electrons. The number of alkyl halides is 3. The molecule has 3 fully saturated rings. The molecule has 1 aromatic heterocycles. The molecule has 3 heterocycles. The Bertz CT molecular complexity index is 1120. The van der Waals surface area contributed by atoms with E-state index in [1.165, 1.54) is 0 Å². The molecule has 2 aromatic rings. The van der Waals surface area contributed by atoms with Gasteiger partial charge in [0.2, 0.25) is 11.8 Å². The summed E-state index contributed by atoms with van der Waals surface area (Å²) in [6, 6.07) is 8.25. The van der Waals surface area contributed by atoms with E-state index in [4.69, 9.17) is 9.26 Å². The van der Waals surface area contributed by atoms with E-state index < -0.39 is 29.8 Å². The van der Waals surface area contributed by atoms with Crippen LogP contribution in [0.25, 0.3) is 0 Å². The average molecular weight is 522 g/mol. The number of aryl methyl sites for hydroxylation is 1. The Kier molecular flexibility index (Phi) is 6.97. The van der Waals surface area contributed by atoms with Gasteiger partial charge in [-0.1, -0.05) is 35.5 Å². The van der Waals surface area contributed by atoms with Gasteiger partial charge in [-0.3, -0.25) is 14.5 Å². The number of benzene rings is 1. The molecule has 1 aromatic carbocycles. The van der Waals surface area contributed by atoms with E-state index in [-0.39, 0.29) is 31.5 Å². The van der Waals surface area contributed by atoms with Gasteiger partial charge in [0, 0.05) is 32.0 Å². The topological polar surface area (TPSA) is 101 Å². The Morgan fingerprint density at radius 2 is 1.95 bits per heavy atom. The Balaban J connectivity index is 1.16. The first-order chi connectivity index (χ1) is 17.6. The minimum Gasteiger partial charge on any atom is -0.373 e. The zero-order chi connectivity index (χ0) is 26.2. The first kappa shape index (κ1) is 25.7. The van der Waals surface area contributed by atoms with E-state index in [0.29, 0.717) is 50.5 Å². The van der Waals surface area contributed by atoms with Gasteiger partial charge in [0.1, 0.15) is 0 Å². The molecule has 1 unspecified atom stereocenters. The quantitative estimate of drug-likeness (QED) is 0.598. The fourth-order valence-electron chi connectivity index (χ4n) is 5.60. The lowest BCUT2D eigenvalue weighted by Crippen LogP contribution is -2.50. The molecule has 1 N–H and O–H groups in total. The highest BCUT2D eigenvalue weighted by Gasteiger charge is 2.57. The number of nitrogens with zero attached hydrogens (tertiary/aromatic N) is 4. The molecule has 1 aliphatic carbocycles. The van der Waals surface area contributed by atoms with E-state index in [2.05, 4.69) is 15.5 Å². The summed E-state index contributed by atoms with van der Waals surface area (Å²) in [4.78, 5) is 31.9. The molecule has 2 saturated heterocycles. The number of piperidine rings is 1. The van der Waals surface area contributed by atoms with Crippen LogP contribution in [0.2, 0.25) is 0 Å². The van der Waals surface area contributed by atoms with Gasteiger partial charge in [0.05, 0.1) is 31.3 Å². The number of nitrogens with one attached hydrogen (secondary N) is 1. The van der Waals surface area contributed by atoms with Crippen molar-refractivity contribution >= 4 is 11.8 Å². The summed E-state index contributed by atoms with van der Waals surface area (Å²) in [7, 11) is 0. The van der Waals surface area contributed by atoms with Gasteiger partial charge in [0.15, 0.2) is 5.82 Å². The highest BCUT2D eigenvalue weighted by atomic mass is 19.4. The van der Waals surface area contributed by atoms with Crippen LogP contribution in [0.15, 0.2) is 34.9 Å². The van der Waals surface area contributed by atoms with Crippen LogP contribution in [0.1, 0.15) is 48.9 Å². The molecule has 37 heavy (non-hydrogen) atoms. The maximum absolute atomic E-state index is 13.6. The molecule has 12 heteroatoms. The Morgan fingerprint density at radius 1 is 1.22 bits per heavy atom. The van der Waals surface area contributed by atoms with Crippen molar-refractivity contribution in [1.29, 1.82) is 0 Å². The zero-order valence-electron chi connectivity index (χ0n) is 20.5. The molecule has 0 bridgehead atoms. The summed E-state index contributed by atoms with van der Waals surface area (Å²) in [6.45, 7) is 3.27. The number of hydrogen-bond acceptors (Lipinski definition) is 7. The van der Waals surface area contributed by atoms with Gasteiger partial charge in [-0.15, -0.1) is 0 Å². The van der Waals surface area contributed by atoms with Crippen LogP contribution in [0.3, 0.4) is 0 Å². The van der Waals surface area contributed by atoms with E-state index in [1.807, 2.05) is 35.2 Å². The molecule has 3 atom stereocenters. The van der Waals surface area contributed by atoms with Crippen LogP contribution < -0.4 is 5.32 Å². The Hall–Kier alpha value is -2.99. The second kappa shape index (κ2) is 10.1. The fraction of sp³-hybridized carbons (Fsp3) is 0.600. The third-order valence-electron chi connectivity index (χ3n) is 7.55. The number of halogens is 3. The van der Waals surface area contributed by atoms with Crippen molar-refractivity contribution in [2.45, 2.75) is 68.9 Å². The summed E-state index contributed by atoms with van der Waals surface area (Å²) >= 11 is 0. The predicted molar refractivity (Wildman–Crippen MR) is 124 cm³/mol. The van der Waals surface area contributed by atoms with Gasteiger partial charge in [-0.2, -0.15) is 18.2 Å². The first-order valence-electron chi connectivity index (χ1n) is 12.5. The normalized spacial score (nSPS) is 25.2. The third-order valence-corrected chi connectivity index (χ3v) is 7.55. The van der Waals surface area contributed by atoms with Crippen molar-refractivity contribution in [3.63, 3.8) is 0 Å². The molecule has 0 radical (unpaired) electrons. The van der Waals surface area contributed by atoms with Crippen molar-refractivity contribution < 1.29 is 32.0 Å². The second-order valence-electron chi connectivity index (χ2n) is 10.2. The maximum Gasteiger partial charge on any atom is 0.471 e. The second-order valence-corrected chi connectivity index (χ2v) is 10.2. The van der Waals surface area contributed by atoms with Gasteiger partial charge in [-0.05, 0) is 31.2 Å². The van der Waals surface area contributed by atoms with Crippen molar-refractivity contribution in [2.75, 3.05) is 26.2 Å². The van der Waals surface area contributed by atoms with E-state index in [0.717, 1.165) is 10.5 Å². The van der Waals surface area contributed by atoms with E-state index >= 15 is 0 Å². The number of likely N-dealkylation sites (tertiary alicyclic amines) is 1. The fourth-order valence-corrected chi connectivity index (χ4v) is 5.60. The van der Waals surface area contributed by atoms with Gasteiger partial charge in [-0.25, -0.2) is 0 Å². The van der Waals surface area contributed by atoms with Crippen molar-refractivity contribution in [3.05, 3.63) is 47.6 Å². The number of hydrogen-bond donors (Lipinski definition) is 1. The smallest absolute Gasteiger partial charge is 0.373 e. The minimum atomic E-state index is -4.93. The third kappa shape index (κ3) is 5.80. The molecular formula is C25H30F3N5O4. The van der Waals surface area contributed by atoms with Crippen LogP contribution in [0.4, 0.5) is 13.2 Å². The molecule has 1 saturated carbocycles. The van der Waals surface area contributed by atoms with Crippen LogP contribution in [-0.4, -0.2) is 81.9 Å². The van der Waals surface area contributed by atoms with Crippen LogP contribution in [0, 0.1) is 6.92 Å². The first-order valence-corrected chi connectivity index (χ1v) is 12.5. The molecular weight excluding hydrogens is 491 g/mol. The number of amides is 2. The van der Waals surface area contributed by atoms with Crippen LogP contribution >= 0.6 is 0 Å². The van der Waals surface area contributed by atoms with Crippen molar-refractivity contribution in [3.8, 4) is 0 Å². The molecule has 5 rings (SSSR count). The Morgan fingerprint density at radius 3 is 2.59 bits per heavy atom. The summed E-state index contributed by atoms with van der Waals surface area (Å²) < 4.78 is 51.7. The average Bonchev–Trinajstić information content (AvgIpc) is 3.37. The highest BCUT2D eigenvalue weighted by Crippen LogP contribution is 2.49. The maximum atomic E-state index is 13.6. The van der Waals surface area contributed by atoms with Crippen molar-refractivity contribution in [1.82, 2.24) is 25.3 Å². The molecule has 9 nitrogen and oxygen atoms in total. The number of carbonyl (C=O) groups is 2. The SMILES string of the molecule is Cc1nc(CNC(=O)CN2CCC3(CC2)CC(N(C(=O)C(F)(F)F)[C@@H]2C[C@H]2c2ccccc2)CO3)no1. The number of ether oxygens (including phenoxy) is 1. The largest absolute Gasteiger partial charge is 0.471 e. The summed E-state index contributed by atoms with van der Waals surface area (Å²) in [5, 5.41) is 6.50. The van der Waals surface area contributed by atoms with Crippen LogP contribution in [-0.2, 0) is 20.9 Å². The summed E-state index contributed by atoms with van der Waals surface area (Å²) in [5.74, 6) is -1.23.